The van der Waals surface area contributed by atoms with Gasteiger partial charge in [-0.25, -0.2) is 9.69 Å². The van der Waals surface area contributed by atoms with Crippen molar-refractivity contribution in [3.63, 3.8) is 0 Å². The van der Waals surface area contributed by atoms with Crippen LogP contribution < -0.4 is 0 Å². The molecule has 4 rings (SSSR count). The monoisotopic (exact) mass is 465 g/mol. The molecule has 2 aromatic rings. The van der Waals surface area contributed by atoms with Gasteiger partial charge in [-0.3, -0.25) is 4.79 Å². The first-order valence-electron chi connectivity index (χ1n) is 12.0. The summed E-state index contributed by atoms with van der Waals surface area (Å²) in [7, 11) is 0. The second-order valence-corrected chi connectivity index (χ2v) is 10.6. The molecule has 3 atom stereocenters. The average molecular weight is 466 g/mol. The van der Waals surface area contributed by atoms with Gasteiger partial charge in [0.25, 0.3) is 0 Å². The van der Waals surface area contributed by atoms with Gasteiger partial charge < -0.3 is 14.2 Å². The molecule has 0 saturated carbocycles. The highest BCUT2D eigenvalue weighted by Gasteiger charge is 2.55. The molecule has 2 aliphatic rings. The Morgan fingerprint density at radius 1 is 1.09 bits per heavy atom. The van der Waals surface area contributed by atoms with Gasteiger partial charge in [0.2, 0.25) is 5.91 Å². The number of hydrogen-bond donors (Lipinski definition) is 0. The van der Waals surface area contributed by atoms with E-state index in [0.717, 1.165) is 16.7 Å². The number of benzene rings is 2. The Hall–Kier alpha value is -2.70. The van der Waals surface area contributed by atoms with Crippen LogP contribution in [-0.2, 0) is 25.4 Å². The molecule has 6 heteroatoms. The van der Waals surface area contributed by atoms with E-state index in [-0.39, 0.29) is 29.9 Å². The standard InChI is InChI=1S/C28H35NO5/c1-19-10-9-13-21(16-19)23(27(2,3)4)24(28(5)33-14-15-34-28)25(30)29-22(18-32-26(29)31)17-20-11-7-6-8-12-20/h6-13,16,22-24H,14-15,17-18H2,1-5H3/t22-,23+,24?/m0/s1. The number of cyclic esters (lactones) is 1. The average Bonchev–Trinajstić information content (AvgIpc) is 3.37. The second-order valence-electron chi connectivity index (χ2n) is 10.6. The molecule has 0 spiro atoms. The molecule has 1 unspecified atom stereocenters. The maximum Gasteiger partial charge on any atom is 0.416 e. The maximum absolute atomic E-state index is 14.4. The molecular formula is C28H35NO5. The minimum atomic E-state index is -1.15. The van der Waals surface area contributed by atoms with E-state index in [2.05, 4.69) is 26.8 Å². The number of amides is 2. The summed E-state index contributed by atoms with van der Waals surface area (Å²) in [6.07, 6.45) is -0.0666. The van der Waals surface area contributed by atoms with E-state index >= 15 is 0 Å². The predicted molar refractivity (Wildman–Crippen MR) is 129 cm³/mol. The van der Waals surface area contributed by atoms with Crippen molar-refractivity contribution in [2.24, 2.45) is 11.3 Å². The van der Waals surface area contributed by atoms with Crippen LogP contribution in [0.2, 0.25) is 0 Å². The first-order chi connectivity index (χ1) is 16.1. The van der Waals surface area contributed by atoms with E-state index in [1.165, 1.54) is 4.90 Å². The van der Waals surface area contributed by atoms with Gasteiger partial charge in [0, 0.05) is 5.92 Å². The van der Waals surface area contributed by atoms with Crippen molar-refractivity contribution in [3.8, 4) is 0 Å². The van der Waals surface area contributed by atoms with Gasteiger partial charge in [-0.15, -0.1) is 0 Å². The molecule has 182 valence electrons. The van der Waals surface area contributed by atoms with Crippen LogP contribution >= 0.6 is 0 Å². The highest BCUT2D eigenvalue weighted by Crippen LogP contribution is 2.48. The molecule has 0 aliphatic carbocycles. The van der Waals surface area contributed by atoms with Crippen LogP contribution in [0.5, 0.6) is 0 Å². The Balaban J connectivity index is 1.77. The molecule has 0 N–H and O–H groups in total. The topological polar surface area (TPSA) is 65.1 Å². The summed E-state index contributed by atoms with van der Waals surface area (Å²) in [5, 5.41) is 0. The van der Waals surface area contributed by atoms with E-state index in [1.807, 2.05) is 62.4 Å². The van der Waals surface area contributed by atoms with Gasteiger partial charge >= 0.3 is 6.09 Å². The predicted octanol–water partition coefficient (Wildman–Crippen LogP) is 5.09. The summed E-state index contributed by atoms with van der Waals surface area (Å²) >= 11 is 0. The number of carbonyl (C=O) groups excluding carboxylic acids is 2. The van der Waals surface area contributed by atoms with E-state index in [4.69, 9.17) is 14.2 Å². The molecule has 2 amide bonds. The lowest BCUT2D eigenvalue weighted by molar-refractivity contribution is -0.201. The smallest absolute Gasteiger partial charge is 0.416 e. The SMILES string of the molecule is Cc1cccc([C@H](C(C(=O)N2C(=O)OC[C@@H]2Cc2ccccc2)C2(C)OCCO2)C(C)(C)C)c1. The largest absolute Gasteiger partial charge is 0.447 e. The van der Waals surface area contributed by atoms with Crippen molar-refractivity contribution in [1.82, 2.24) is 4.90 Å². The van der Waals surface area contributed by atoms with Gasteiger partial charge in [0.15, 0.2) is 5.79 Å². The van der Waals surface area contributed by atoms with Crippen molar-refractivity contribution in [3.05, 3.63) is 71.3 Å². The molecule has 0 aromatic heterocycles. The van der Waals surface area contributed by atoms with E-state index in [0.29, 0.717) is 19.6 Å². The van der Waals surface area contributed by atoms with Crippen molar-refractivity contribution >= 4 is 12.0 Å². The van der Waals surface area contributed by atoms with Gasteiger partial charge in [-0.2, -0.15) is 0 Å². The van der Waals surface area contributed by atoms with Crippen molar-refractivity contribution in [1.29, 1.82) is 0 Å². The summed E-state index contributed by atoms with van der Waals surface area (Å²) < 4.78 is 17.5. The molecule has 2 fully saturated rings. The fraction of sp³-hybridized carbons (Fsp3) is 0.500. The third-order valence-corrected chi connectivity index (χ3v) is 6.87. The summed E-state index contributed by atoms with van der Waals surface area (Å²) in [6.45, 7) is 11.2. The highest BCUT2D eigenvalue weighted by molar-refractivity contribution is 5.96. The Morgan fingerprint density at radius 2 is 1.76 bits per heavy atom. The number of nitrogens with zero attached hydrogens (tertiary/aromatic N) is 1. The Kier molecular flexibility index (Phi) is 6.83. The number of carbonyl (C=O) groups is 2. The van der Waals surface area contributed by atoms with Crippen molar-refractivity contribution in [2.75, 3.05) is 19.8 Å². The van der Waals surface area contributed by atoms with Crippen LogP contribution in [0.4, 0.5) is 4.79 Å². The summed E-state index contributed by atoms with van der Waals surface area (Å²) in [4.78, 5) is 28.6. The molecule has 6 nitrogen and oxygen atoms in total. The molecule has 0 bridgehead atoms. The van der Waals surface area contributed by atoms with Crippen LogP contribution in [0.1, 0.15) is 50.3 Å². The van der Waals surface area contributed by atoms with Crippen LogP contribution in [0.15, 0.2) is 54.6 Å². The number of rotatable bonds is 6. The molecule has 2 aromatic carbocycles. The summed E-state index contributed by atoms with van der Waals surface area (Å²) in [5.41, 5.74) is 2.87. The fourth-order valence-corrected chi connectivity index (χ4v) is 5.35. The molecular weight excluding hydrogens is 430 g/mol. The minimum absolute atomic E-state index is 0.176. The lowest BCUT2D eigenvalue weighted by Crippen LogP contribution is -2.54. The van der Waals surface area contributed by atoms with Gasteiger partial charge in [0.05, 0.1) is 25.2 Å². The number of aryl methyl sites for hydroxylation is 1. The highest BCUT2D eigenvalue weighted by atomic mass is 16.7. The fourth-order valence-electron chi connectivity index (χ4n) is 5.35. The summed E-state index contributed by atoms with van der Waals surface area (Å²) in [6, 6.07) is 17.7. The number of ether oxygens (including phenoxy) is 3. The molecule has 2 aliphatic heterocycles. The van der Waals surface area contributed by atoms with E-state index < -0.39 is 17.8 Å². The molecule has 0 radical (unpaired) electrons. The number of hydrogen-bond acceptors (Lipinski definition) is 5. The van der Waals surface area contributed by atoms with Gasteiger partial charge in [-0.1, -0.05) is 80.9 Å². The first kappa shape index (κ1) is 24.4. The lowest BCUT2D eigenvalue weighted by atomic mass is 9.66. The summed E-state index contributed by atoms with van der Waals surface area (Å²) in [5.74, 6) is -2.46. The quantitative estimate of drug-likeness (QED) is 0.594. The first-order valence-corrected chi connectivity index (χ1v) is 12.0. The third kappa shape index (κ3) is 4.89. The van der Waals surface area contributed by atoms with Crippen molar-refractivity contribution < 1.29 is 23.8 Å². The maximum atomic E-state index is 14.4. The van der Waals surface area contributed by atoms with Crippen LogP contribution in [-0.4, -0.2) is 48.5 Å². The number of imide groups is 1. The minimum Gasteiger partial charge on any atom is -0.447 e. The van der Waals surface area contributed by atoms with E-state index in [1.54, 1.807) is 0 Å². The van der Waals surface area contributed by atoms with Gasteiger partial charge in [0.1, 0.15) is 6.61 Å². The molecule has 34 heavy (non-hydrogen) atoms. The normalized spacial score (nSPS) is 21.9. The second kappa shape index (κ2) is 9.51. The lowest BCUT2D eigenvalue weighted by Gasteiger charge is -2.44. The zero-order valence-electron chi connectivity index (χ0n) is 20.7. The zero-order chi connectivity index (χ0) is 24.5. The van der Waals surface area contributed by atoms with Gasteiger partial charge in [-0.05, 0) is 36.8 Å². The third-order valence-electron chi connectivity index (χ3n) is 6.87. The van der Waals surface area contributed by atoms with Crippen LogP contribution in [0.3, 0.4) is 0 Å². The van der Waals surface area contributed by atoms with Crippen LogP contribution in [0.25, 0.3) is 0 Å². The Morgan fingerprint density at radius 3 is 2.38 bits per heavy atom. The molecule has 2 saturated heterocycles. The zero-order valence-corrected chi connectivity index (χ0v) is 20.7. The van der Waals surface area contributed by atoms with Crippen LogP contribution in [0, 0.1) is 18.3 Å². The Bertz CT molecular complexity index is 1020. The van der Waals surface area contributed by atoms with Crippen molar-refractivity contribution in [2.45, 2.75) is 58.8 Å². The molecule has 2 heterocycles. The van der Waals surface area contributed by atoms with E-state index in [9.17, 15) is 9.59 Å². The Labute approximate surface area is 202 Å².